The Labute approximate surface area is 165 Å². The van der Waals surface area contributed by atoms with Gasteiger partial charge >= 0.3 is 11.9 Å². The molecule has 0 saturated carbocycles. The number of ether oxygens (including phenoxy) is 3. The van der Waals surface area contributed by atoms with E-state index in [9.17, 15) is 19.5 Å². The molecule has 0 radical (unpaired) electrons. The lowest BCUT2D eigenvalue weighted by Gasteiger charge is -2.33. The van der Waals surface area contributed by atoms with Gasteiger partial charge in [-0.15, -0.1) is 0 Å². The van der Waals surface area contributed by atoms with Crippen molar-refractivity contribution in [2.24, 2.45) is 11.8 Å². The highest BCUT2D eigenvalue weighted by Crippen LogP contribution is 2.37. The molecule has 7 nitrogen and oxygen atoms in total. The number of hydrogen-bond donors (Lipinski definition) is 1. The van der Waals surface area contributed by atoms with E-state index in [0.717, 1.165) is 0 Å². The number of rotatable bonds is 6. The summed E-state index contributed by atoms with van der Waals surface area (Å²) in [7, 11) is 1.42. The standard InChI is InChI=1S/C21H28O7/c1-5-12(2)20(24)28-19-17-13(3)21(25)27-16(17)9-14(10-22)7-6-8-15(11-23)18(19)26-4/h8-9,11-12,16-19,22H,3,5-7,10H2,1-2,4H3/b14-9-,15-8?/t12-,16+,17-,18-,19+/m0/s1. The van der Waals surface area contributed by atoms with E-state index in [1.807, 2.05) is 6.92 Å². The fraction of sp³-hybridized carbons (Fsp3) is 0.571. The lowest BCUT2D eigenvalue weighted by atomic mass is 9.83. The van der Waals surface area contributed by atoms with E-state index in [4.69, 9.17) is 14.2 Å². The quantitative estimate of drug-likeness (QED) is 0.319. The molecule has 28 heavy (non-hydrogen) atoms. The Morgan fingerprint density at radius 3 is 2.79 bits per heavy atom. The van der Waals surface area contributed by atoms with Gasteiger partial charge < -0.3 is 19.3 Å². The first-order chi connectivity index (χ1) is 13.4. The lowest BCUT2D eigenvalue weighted by molar-refractivity contribution is -0.164. The minimum Gasteiger partial charge on any atom is -0.458 e. The van der Waals surface area contributed by atoms with Crippen LogP contribution in [0.15, 0.2) is 35.5 Å². The van der Waals surface area contributed by atoms with Gasteiger partial charge in [-0.05, 0) is 30.9 Å². The smallest absolute Gasteiger partial charge is 0.334 e. The van der Waals surface area contributed by atoms with Crippen molar-refractivity contribution in [3.63, 3.8) is 0 Å². The Morgan fingerprint density at radius 1 is 1.50 bits per heavy atom. The Bertz CT molecular complexity index is 691. The van der Waals surface area contributed by atoms with Gasteiger partial charge in [0.2, 0.25) is 0 Å². The predicted octanol–water partition coefficient (Wildman–Crippen LogP) is 1.89. The molecule has 0 spiro atoms. The third kappa shape index (κ3) is 4.59. The van der Waals surface area contributed by atoms with Crippen LogP contribution in [0.2, 0.25) is 0 Å². The first-order valence-corrected chi connectivity index (χ1v) is 9.46. The topological polar surface area (TPSA) is 99.1 Å². The first-order valence-electron chi connectivity index (χ1n) is 9.46. The molecule has 0 unspecified atom stereocenters. The molecule has 7 heteroatoms. The molecule has 2 rings (SSSR count). The summed E-state index contributed by atoms with van der Waals surface area (Å²) in [5, 5.41) is 9.63. The molecule has 0 aromatic rings. The molecule has 5 atom stereocenters. The largest absolute Gasteiger partial charge is 0.458 e. The number of aliphatic hydroxyl groups is 1. The van der Waals surface area contributed by atoms with Crippen LogP contribution in [0.1, 0.15) is 33.1 Å². The van der Waals surface area contributed by atoms with Crippen LogP contribution in [0.3, 0.4) is 0 Å². The van der Waals surface area contributed by atoms with Gasteiger partial charge in [0.25, 0.3) is 0 Å². The molecule has 1 saturated heterocycles. The van der Waals surface area contributed by atoms with Crippen molar-refractivity contribution >= 4 is 18.2 Å². The van der Waals surface area contributed by atoms with Gasteiger partial charge in [-0.25, -0.2) is 4.79 Å². The highest BCUT2D eigenvalue weighted by molar-refractivity contribution is 5.91. The normalized spacial score (nSPS) is 31.0. The molecule has 1 fully saturated rings. The zero-order chi connectivity index (χ0) is 20.8. The summed E-state index contributed by atoms with van der Waals surface area (Å²) in [6.07, 6.45) is 3.01. The van der Waals surface area contributed by atoms with Gasteiger partial charge in [0.05, 0.1) is 18.4 Å². The average Bonchev–Trinajstić information content (AvgIpc) is 2.97. The highest BCUT2D eigenvalue weighted by atomic mass is 16.6. The number of allylic oxidation sites excluding steroid dienone is 1. The van der Waals surface area contributed by atoms with Gasteiger partial charge in [-0.3, -0.25) is 9.59 Å². The van der Waals surface area contributed by atoms with Gasteiger partial charge in [0, 0.05) is 18.3 Å². The van der Waals surface area contributed by atoms with E-state index < -0.39 is 36.2 Å². The van der Waals surface area contributed by atoms with Gasteiger partial charge in [0.15, 0.2) is 0 Å². The van der Waals surface area contributed by atoms with E-state index in [1.165, 1.54) is 7.11 Å². The van der Waals surface area contributed by atoms with E-state index >= 15 is 0 Å². The number of carbonyl (C=O) groups is 3. The van der Waals surface area contributed by atoms with E-state index in [2.05, 4.69) is 6.58 Å². The zero-order valence-electron chi connectivity index (χ0n) is 16.6. The van der Waals surface area contributed by atoms with Crippen LogP contribution in [0.25, 0.3) is 0 Å². The molecule has 0 amide bonds. The van der Waals surface area contributed by atoms with Crippen LogP contribution in [0.5, 0.6) is 0 Å². The number of methoxy groups -OCH3 is 1. The van der Waals surface area contributed by atoms with Crippen LogP contribution in [0.4, 0.5) is 0 Å². The maximum absolute atomic E-state index is 12.6. The second kappa shape index (κ2) is 9.80. The maximum Gasteiger partial charge on any atom is 0.334 e. The van der Waals surface area contributed by atoms with Gasteiger partial charge in [0.1, 0.15) is 24.6 Å². The Kier molecular flexibility index (Phi) is 7.71. The summed E-state index contributed by atoms with van der Waals surface area (Å²) < 4.78 is 16.7. The predicted molar refractivity (Wildman–Crippen MR) is 101 cm³/mol. The van der Waals surface area contributed by atoms with Crippen LogP contribution in [-0.4, -0.2) is 55.4 Å². The number of aldehydes is 1. The van der Waals surface area contributed by atoms with Crippen molar-refractivity contribution in [3.05, 3.63) is 35.5 Å². The minimum absolute atomic E-state index is 0.147. The summed E-state index contributed by atoms with van der Waals surface area (Å²) in [6.45, 7) is 7.22. The van der Waals surface area contributed by atoms with E-state index in [-0.39, 0.29) is 18.1 Å². The Hall–Kier alpha value is -2.25. The minimum atomic E-state index is -0.971. The molecule has 2 aliphatic rings. The first kappa shape index (κ1) is 22.0. The highest BCUT2D eigenvalue weighted by Gasteiger charge is 2.48. The van der Waals surface area contributed by atoms with Crippen LogP contribution < -0.4 is 0 Å². The van der Waals surface area contributed by atoms with Crippen LogP contribution >= 0.6 is 0 Å². The van der Waals surface area contributed by atoms with Crippen molar-refractivity contribution in [2.45, 2.75) is 51.4 Å². The monoisotopic (exact) mass is 392 g/mol. The molecule has 0 aromatic heterocycles. The second-order valence-corrected chi connectivity index (χ2v) is 7.13. The lowest BCUT2D eigenvalue weighted by Crippen LogP contribution is -2.44. The summed E-state index contributed by atoms with van der Waals surface area (Å²) in [6, 6.07) is 0. The van der Waals surface area contributed by atoms with Crippen LogP contribution in [0, 0.1) is 11.8 Å². The molecule has 1 aliphatic carbocycles. The summed E-state index contributed by atoms with van der Waals surface area (Å²) >= 11 is 0. The molecule has 0 bridgehead atoms. The fourth-order valence-corrected chi connectivity index (χ4v) is 3.43. The van der Waals surface area contributed by atoms with Crippen LogP contribution in [-0.2, 0) is 28.6 Å². The SMILES string of the molecule is C=C1C(=O)O[C@@H]2/C=C(\CO)CCC=C(C=O)[C@H](OC)[C@H](OC(=O)[C@@H](C)CC)[C@@H]12. The zero-order valence-corrected chi connectivity index (χ0v) is 16.6. The van der Waals surface area contributed by atoms with E-state index in [0.29, 0.717) is 36.7 Å². The average molecular weight is 392 g/mol. The van der Waals surface area contributed by atoms with Crippen molar-refractivity contribution in [1.29, 1.82) is 0 Å². The molecule has 154 valence electrons. The van der Waals surface area contributed by atoms with Crippen molar-refractivity contribution < 1.29 is 33.7 Å². The number of hydrogen-bond acceptors (Lipinski definition) is 7. The van der Waals surface area contributed by atoms with Crippen molar-refractivity contribution in [3.8, 4) is 0 Å². The van der Waals surface area contributed by atoms with Crippen molar-refractivity contribution in [2.75, 3.05) is 13.7 Å². The summed E-state index contributed by atoms with van der Waals surface area (Å²) in [5.74, 6) is -2.13. The van der Waals surface area contributed by atoms with E-state index in [1.54, 1.807) is 19.1 Å². The molecular weight excluding hydrogens is 364 g/mol. The third-order valence-electron chi connectivity index (χ3n) is 5.35. The van der Waals surface area contributed by atoms with Gasteiger partial charge in [-0.1, -0.05) is 26.5 Å². The second-order valence-electron chi connectivity index (χ2n) is 7.13. The Balaban J connectivity index is 2.56. The summed E-state index contributed by atoms with van der Waals surface area (Å²) in [4.78, 5) is 36.5. The maximum atomic E-state index is 12.6. The number of esters is 2. The molecule has 1 aliphatic heterocycles. The molecule has 1 heterocycles. The van der Waals surface area contributed by atoms with Gasteiger partial charge in [-0.2, -0.15) is 0 Å². The van der Waals surface area contributed by atoms with Crippen molar-refractivity contribution in [1.82, 2.24) is 0 Å². The number of carbonyl (C=O) groups excluding carboxylic acids is 3. The number of aliphatic hydroxyl groups excluding tert-OH is 1. The summed E-state index contributed by atoms with van der Waals surface area (Å²) in [5.41, 5.74) is 1.13. The molecule has 0 aromatic carbocycles. The Morgan fingerprint density at radius 2 is 2.21 bits per heavy atom. The number of fused-ring (bicyclic) bond motifs is 1. The molecular formula is C21H28O7. The fourth-order valence-electron chi connectivity index (χ4n) is 3.43. The molecule has 1 N–H and O–H groups in total. The third-order valence-corrected chi connectivity index (χ3v) is 5.35.